The molecule has 0 saturated carbocycles. The Morgan fingerprint density at radius 3 is 2.78 bits per heavy atom. The van der Waals surface area contributed by atoms with Crippen LogP contribution in [0.3, 0.4) is 0 Å². The molecule has 0 fully saturated rings. The molecule has 8 heteroatoms. The van der Waals surface area contributed by atoms with Crippen molar-refractivity contribution in [3.05, 3.63) is 51.8 Å². The molecule has 23 heavy (non-hydrogen) atoms. The number of hydrazone groups is 1. The van der Waals surface area contributed by atoms with Crippen molar-refractivity contribution in [2.24, 2.45) is 5.10 Å². The highest BCUT2D eigenvalue weighted by Gasteiger charge is 2.15. The van der Waals surface area contributed by atoms with E-state index in [4.69, 9.17) is 27.9 Å². The topological polar surface area (TPSA) is 83.8 Å². The number of hydrogen-bond donors (Lipinski definition) is 2. The lowest BCUT2D eigenvalue weighted by atomic mass is 10.2. The highest BCUT2D eigenvalue weighted by molar-refractivity contribution is 6.43. The highest BCUT2D eigenvalue weighted by Crippen LogP contribution is 2.39. The zero-order valence-corrected chi connectivity index (χ0v) is 13.6. The van der Waals surface area contributed by atoms with Gasteiger partial charge in [-0.15, -0.1) is 0 Å². The molecular formula is C15H13Cl2N3O3. The first-order valence-electron chi connectivity index (χ1n) is 6.61. The lowest BCUT2D eigenvalue weighted by Crippen LogP contribution is -2.17. The number of aromatic nitrogens is 1. The van der Waals surface area contributed by atoms with Gasteiger partial charge >= 0.3 is 0 Å². The van der Waals surface area contributed by atoms with E-state index in [0.29, 0.717) is 12.2 Å². The maximum Gasteiger partial charge on any atom is 0.271 e. The number of nitrogens with zero attached hydrogens (tertiary/aromatic N) is 2. The number of carbonyl (C=O) groups excluding carboxylic acids is 1. The molecule has 6 nitrogen and oxygen atoms in total. The van der Waals surface area contributed by atoms with Crippen LogP contribution in [0.5, 0.6) is 11.5 Å². The Labute approximate surface area is 142 Å². The SMILES string of the molecule is CCOc1cc(Cl)c(Cl)c(C=NNC(=O)c2ccncc2)c1O. The summed E-state index contributed by atoms with van der Waals surface area (Å²) in [6.07, 6.45) is 4.18. The van der Waals surface area contributed by atoms with Crippen LogP contribution in [0, 0.1) is 0 Å². The van der Waals surface area contributed by atoms with E-state index in [1.165, 1.54) is 24.7 Å². The molecule has 0 spiro atoms. The fourth-order valence-electron chi connectivity index (χ4n) is 1.72. The number of hydrogen-bond acceptors (Lipinski definition) is 5. The Morgan fingerprint density at radius 1 is 1.43 bits per heavy atom. The highest BCUT2D eigenvalue weighted by atomic mass is 35.5. The zero-order valence-electron chi connectivity index (χ0n) is 12.1. The van der Waals surface area contributed by atoms with E-state index >= 15 is 0 Å². The summed E-state index contributed by atoms with van der Waals surface area (Å²) in [5.74, 6) is -0.446. The van der Waals surface area contributed by atoms with Gasteiger partial charge in [-0.3, -0.25) is 9.78 Å². The predicted molar refractivity (Wildman–Crippen MR) is 88.6 cm³/mol. The van der Waals surface area contributed by atoms with Gasteiger partial charge in [0.05, 0.1) is 28.4 Å². The first-order chi connectivity index (χ1) is 11.0. The fraction of sp³-hybridized carbons (Fsp3) is 0.133. The zero-order chi connectivity index (χ0) is 16.8. The molecule has 120 valence electrons. The van der Waals surface area contributed by atoms with Gasteiger partial charge in [0.2, 0.25) is 0 Å². The molecule has 0 aliphatic carbocycles. The first kappa shape index (κ1) is 17.1. The fourth-order valence-corrected chi connectivity index (χ4v) is 2.11. The molecule has 0 unspecified atom stereocenters. The van der Waals surface area contributed by atoms with Crippen molar-refractivity contribution in [2.75, 3.05) is 6.61 Å². The average molecular weight is 354 g/mol. The second-order valence-electron chi connectivity index (χ2n) is 4.30. The van der Waals surface area contributed by atoms with Gasteiger partial charge in [-0.25, -0.2) is 5.43 Å². The van der Waals surface area contributed by atoms with Gasteiger partial charge in [0.1, 0.15) is 0 Å². The summed E-state index contributed by atoms with van der Waals surface area (Å²) < 4.78 is 5.26. The third-order valence-electron chi connectivity index (χ3n) is 2.79. The number of benzene rings is 1. The second kappa shape index (κ2) is 7.80. The Kier molecular flexibility index (Phi) is 5.78. The predicted octanol–water partition coefficient (Wildman–Crippen LogP) is 3.26. The number of phenolic OH excluding ortho intramolecular Hbond substituents is 1. The van der Waals surface area contributed by atoms with Crippen LogP contribution >= 0.6 is 23.2 Å². The molecule has 2 N–H and O–H groups in total. The van der Waals surface area contributed by atoms with E-state index in [9.17, 15) is 9.90 Å². The summed E-state index contributed by atoms with van der Waals surface area (Å²) in [5.41, 5.74) is 2.87. The van der Waals surface area contributed by atoms with Gasteiger partial charge < -0.3 is 9.84 Å². The van der Waals surface area contributed by atoms with Crippen molar-refractivity contribution in [1.29, 1.82) is 0 Å². The molecule has 0 bridgehead atoms. The van der Waals surface area contributed by atoms with E-state index in [1.807, 2.05) is 0 Å². The molecule has 0 aliphatic rings. The second-order valence-corrected chi connectivity index (χ2v) is 5.09. The van der Waals surface area contributed by atoms with Gasteiger partial charge in [-0.1, -0.05) is 23.2 Å². The summed E-state index contributed by atoms with van der Waals surface area (Å²) in [4.78, 5) is 15.7. The number of phenols is 1. The lowest BCUT2D eigenvalue weighted by Gasteiger charge is -2.10. The number of pyridine rings is 1. The van der Waals surface area contributed by atoms with Crippen molar-refractivity contribution in [1.82, 2.24) is 10.4 Å². The Hall–Kier alpha value is -2.31. The van der Waals surface area contributed by atoms with Crippen molar-refractivity contribution >= 4 is 35.3 Å². The monoisotopic (exact) mass is 353 g/mol. The Morgan fingerprint density at radius 2 is 2.13 bits per heavy atom. The minimum Gasteiger partial charge on any atom is -0.504 e. The van der Waals surface area contributed by atoms with Crippen LogP contribution in [-0.2, 0) is 0 Å². The molecule has 2 aromatic rings. The van der Waals surface area contributed by atoms with Crippen LogP contribution in [0.25, 0.3) is 0 Å². The Bertz CT molecular complexity index is 736. The molecule has 1 amide bonds. The summed E-state index contributed by atoms with van der Waals surface area (Å²) in [6, 6.07) is 4.50. The summed E-state index contributed by atoms with van der Waals surface area (Å²) in [6.45, 7) is 2.12. The molecule has 1 aromatic heterocycles. The number of carbonyl (C=O) groups is 1. The maximum absolute atomic E-state index is 11.8. The van der Waals surface area contributed by atoms with Crippen molar-refractivity contribution in [3.8, 4) is 11.5 Å². The van der Waals surface area contributed by atoms with Crippen LogP contribution in [-0.4, -0.2) is 28.8 Å². The molecule has 0 aliphatic heterocycles. The molecule has 1 heterocycles. The van der Waals surface area contributed by atoms with E-state index in [0.717, 1.165) is 0 Å². The van der Waals surface area contributed by atoms with Gasteiger partial charge in [0.25, 0.3) is 5.91 Å². The van der Waals surface area contributed by atoms with Crippen LogP contribution in [0.4, 0.5) is 0 Å². The van der Waals surface area contributed by atoms with E-state index < -0.39 is 5.91 Å². The largest absolute Gasteiger partial charge is 0.504 e. The van der Waals surface area contributed by atoms with Gasteiger partial charge in [-0.05, 0) is 19.1 Å². The normalized spacial score (nSPS) is 10.7. The summed E-state index contributed by atoms with van der Waals surface area (Å²) in [7, 11) is 0. The van der Waals surface area contributed by atoms with E-state index in [1.54, 1.807) is 19.1 Å². The average Bonchev–Trinajstić information content (AvgIpc) is 2.56. The van der Waals surface area contributed by atoms with Gasteiger partial charge in [0, 0.05) is 24.0 Å². The quantitative estimate of drug-likeness (QED) is 0.638. The molecule has 0 saturated heterocycles. The van der Waals surface area contributed by atoms with Crippen molar-refractivity contribution in [2.45, 2.75) is 6.92 Å². The van der Waals surface area contributed by atoms with Gasteiger partial charge in [0.15, 0.2) is 11.5 Å². The van der Waals surface area contributed by atoms with Crippen molar-refractivity contribution in [3.63, 3.8) is 0 Å². The number of rotatable bonds is 5. The number of halogens is 2. The Balaban J connectivity index is 2.21. The van der Waals surface area contributed by atoms with Crippen LogP contribution in [0.15, 0.2) is 35.7 Å². The third-order valence-corrected chi connectivity index (χ3v) is 3.60. The standard InChI is InChI=1S/C15H13Cl2N3O3/c1-2-23-12-7-11(16)13(17)10(14(12)21)8-19-20-15(22)9-3-5-18-6-4-9/h3-8,21H,2H2,1H3,(H,20,22). The van der Waals surface area contributed by atoms with E-state index in [2.05, 4.69) is 15.5 Å². The molecule has 1 aromatic carbocycles. The molecular weight excluding hydrogens is 341 g/mol. The number of ether oxygens (including phenoxy) is 1. The van der Waals surface area contributed by atoms with Crippen LogP contribution in [0.2, 0.25) is 10.0 Å². The summed E-state index contributed by atoms with van der Waals surface area (Å²) >= 11 is 12.0. The molecule has 0 radical (unpaired) electrons. The van der Waals surface area contributed by atoms with Gasteiger partial charge in [-0.2, -0.15) is 5.10 Å². The first-order valence-corrected chi connectivity index (χ1v) is 7.37. The van der Waals surface area contributed by atoms with Crippen molar-refractivity contribution < 1.29 is 14.6 Å². The number of nitrogens with one attached hydrogen (secondary N) is 1. The minimum absolute atomic E-state index is 0.106. The minimum atomic E-state index is -0.425. The molecule has 0 atom stereocenters. The van der Waals surface area contributed by atoms with E-state index in [-0.39, 0.29) is 27.1 Å². The van der Waals surface area contributed by atoms with Crippen LogP contribution < -0.4 is 10.2 Å². The smallest absolute Gasteiger partial charge is 0.271 e. The third kappa shape index (κ3) is 4.12. The number of aromatic hydroxyl groups is 1. The maximum atomic E-state index is 11.8. The lowest BCUT2D eigenvalue weighted by molar-refractivity contribution is 0.0955. The molecule has 2 rings (SSSR count). The number of amides is 1. The van der Waals surface area contributed by atoms with Crippen LogP contribution in [0.1, 0.15) is 22.8 Å². The summed E-state index contributed by atoms with van der Waals surface area (Å²) in [5, 5.41) is 14.2.